The zero-order chi connectivity index (χ0) is 19.1. The Kier molecular flexibility index (Phi) is 7.57. The summed E-state index contributed by atoms with van der Waals surface area (Å²) in [6.07, 6.45) is 3.89. The lowest BCUT2D eigenvalue weighted by molar-refractivity contribution is -0.126. The van der Waals surface area contributed by atoms with Gasteiger partial charge in [0.05, 0.1) is 5.92 Å². The molecule has 1 heterocycles. The first-order chi connectivity index (χ1) is 13.1. The number of halogens is 2. The van der Waals surface area contributed by atoms with Gasteiger partial charge in [0.2, 0.25) is 5.91 Å². The first-order valence-corrected chi connectivity index (χ1v) is 10.4. The maximum Gasteiger partial charge on any atom is 0.224 e. The summed E-state index contributed by atoms with van der Waals surface area (Å²) < 4.78 is 0. The Bertz CT molecular complexity index is 748. The smallest absolute Gasteiger partial charge is 0.224 e. The molecule has 5 heteroatoms. The third-order valence-electron chi connectivity index (χ3n) is 5.08. The van der Waals surface area contributed by atoms with E-state index in [0.29, 0.717) is 6.54 Å². The number of carbonyl (C=O) groups is 1. The molecule has 1 amide bonds. The number of amides is 1. The summed E-state index contributed by atoms with van der Waals surface area (Å²) >= 11 is 12.2. The number of likely N-dealkylation sites (tertiary alicyclic amines) is 1. The Hall–Kier alpha value is -1.55. The van der Waals surface area contributed by atoms with Crippen LogP contribution in [-0.4, -0.2) is 30.4 Å². The Labute approximate surface area is 171 Å². The van der Waals surface area contributed by atoms with E-state index >= 15 is 0 Å². The standard InChI is InChI=1S/C22H26Cl2N2O/c23-20-11-9-17(10-12-20)5-3-13-25-22(27)19-7-4-14-26(16-19)15-18-6-1-2-8-21(18)24/h1-2,6,8-12,19H,3-5,7,13-16H2,(H,25,27)/t19-/m0/s1. The lowest BCUT2D eigenvalue weighted by atomic mass is 9.96. The number of hydrogen-bond acceptors (Lipinski definition) is 2. The van der Waals surface area contributed by atoms with E-state index in [9.17, 15) is 4.79 Å². The van der Waals surface area contributed by atoms with Crippen molar-refractivity contribution in [3.8, 4) is 0 Å². The van der Waals surface area contributed by atoms with Gasteiger partial charge in [-0.1, -0.05) is 53.5 Å². The van der Waals surface area contributed by atoms with Crippen molar-refractivity contribution in [3.63, 3.8) is 0 Å². The number of nitrogens with zero attached hydrogens (tertiary/aromatic N) is 1. The van der Waals surface area contributed by atoms with E-state index < -0.39 is 0 Å². The first kappa shape index (κ1) is 20.2. The van der Waals surface area contributed by atoms with Crippen molar-refractivity contribution in [2.45, 2.75) is 32.2 Å². The fraction of sp³-hybridized carbons (Fsp3) is 0.409. The van der Waals surface area contributed by atoms with Gasteiger partial charge in [-0.25, -0.2) is 0 Å². The van der Waals surface area contributed by atoms with Crippen LogP contribution in [0.3, 0.4) is 0 Å². The molecule has 2 aromatic carbocycles. The molecule has 3 nitrogen and oxygen atoms in total. The zero-order valence-corrected chi connectivity index (χ0v) is 17.0. The van der Waals surface area contributed by atoms with Gasteiger partial charge in [0.25, 0.3) is 0 Å². The van der Waals surface area contributed by atoms with Crippen LogP contribution >= 0.6 is 23.2 Å². The van der Waals surface area contributed by atoms with Crippen LogP contribution in [0.1, 0.15) is 30.4 Å². The third kappa shape index (κ3) is 6.24. The van der Waals surface area contributed by atoms with Crippen LogP contribution in [0.4, 0.5) is 0 Å². The molecule has 0 spiro atoms. The highest BCUT2D eigenvalue weighted by atomic mass is 35.5. The van der Waals surface area contributed by atoms with Crippen molar-refractivity contribution in [2.24, 2.45) is 5.92 Å². The highest BCUT2D eigenvalue weighted by Gasteiger charge is 2.25. The summed E-state index contributed by atoms with van der Waals surface area (Å²) in [4.78, 5) is 14.9. The molecule has 0 aromatic heterocycles. The third-order valence-corrected chi connectivity index (χ3v) is 5.70. The van der Waals surface area contributed by atoms with Crippen LogP contribution in [0.15, 0.2) is 48.5 Å². The molecule has 0 aliphatic carbocycles. The molecular formula is C22H26Cl2N2O. The molecule has 2 aromatic rings. The number of piperidine rings is 1. The molecule has 1 aliphatic rings. The van der Waals surface area contributed by atoms with Gasteiger partial charge in [0.1, 0.15) is 0 Å². The fourth-order valence-corrected chi connectivity index (χ4v) is 3.90. The average Bonchev–Trinajstić information content (AvgIpc) is 2.68. The Morgan fingerprint density at radius 1 is 1.11 bits per heavy atom. The second-order valence-corrected chi connectivity index (χ2v) is 8.03. The number of nitrogens with one attached hydrogen (secondary N) is 1. The summed E-state index contributed by atoms with van der Waals surface area (Å²) in [6, 6.07) is 15.8. The highest BCUT2D eigenvalue weighted by Crippen LogP contribution is 2.22. The molecule has 1 N–H and O–H groups in total. The number of aryl methyl sites for hydroxylation is 1. The molecule has 0 radical (unpaired) electrons. The summed E-state index contributed by atoms with van der Waals surface area (Å²) in [5.74, 6) is 0.242. The van der Waals surface area contributed by atoms with Crippen LogP contribution in [0.25, 0.3) is 0 Å². The van der Waals surface area contributed by atoms with Crippen LogP contribution < -0.4 is 5.32 Å². The molecule has 1 fully saturated rings. The first-order valence-electron chi connectivity index (χ1n) is 9.60. The van der Waals surface area contributed by atoms with E-state index in [1.807, 2.05) is 42.5 Å². The molecule has 1 saturated heterocycles. The van der Waals surface area contributed by atoms with E-state index in [-0.39, 0.29) is 11.8 Å². The summed E-state index contributed by atoms with van der Waals surface area (Å²) in [5.41, 5.74) is 2.38. The van der Waals surface area contributed by atoms with Crippen molar-refractivity contribution in [3.05, 3.63) is 69.7 Å². The summed E-state index contributed by atoms with van der Waals surface area (Å²) in [5, 5.41) is 4.66. The van der Waals surface area contributed by atoms with Crippen LogP contribution in [-0.2, 0) is 17.8 Å². The Morgan fingerprint density at radius 3 is 2.67 bits per heavy atom. The lowest BCUT2D eigenvalue weighted by Crippen LogP contribution is -2.43. The summed E-state index contributed by atoms with van der Waals surface area (Å²) in [7, 11) is 0. The molecule has 1 atom stereocenters. The van der Waals surface area contributed by atoms with Crippen molar-refractivity contribution in [1.82, 2.24) is 10.2 Å². The van der Waals surface area contributed by atoms with E-state index in [2.05, 4.69) is 16.3 Å². The summed E-state index contributed by atoms with van der Waals surface area (Å²) in [6.45, 7) is 3.34. The molecule has 0 saturated carbocycles. The van der Waals surface area contributed by atoms with Crippen molar-refractivity contribution < 1.29 is 4.79 Å². The minimum atomic E-state index is 0.0665. The zero-order valence-electron chi connectivity index (χ0n) is 15.5. The molecule has 27 heavy (non-hydrogen) atoms. The van der Waals surface area contributed by atoms with Crippen molar-refractivity contribution in [2.75, 3.05) is 19.6 Å². The van der Waals surface area contributed by atoms with Crippen LogP contribution in [0.5, 0.6) is 0 Å². The van der Waals surface area contributed by atoms with E-state index in [1.54, 1.807) is 0 Å². The highest BCUT2D eigenvalue weighted by molar-refractivity contribution is 6.31. The minimum absolute atomic E-state index is 0.0665. The maximum atomic E-state index is 12.5. The van der Waals surface area contributed by atoms with Crippen LogP contribution in [0.2, 0.25) is 10.0 Å². The average molecular weight is 405 g/mol. The second kappa shape index (κ2) is 10.1. The molecule has 144 valence electrons. The number of carbonyl (C=O) groups excluding carboxylic acids is 1. The van der Waals surface area contributed by atoms with Gasteiger partial charge >= 0.3 is 0 Å². The van der Waals surface area contributed by atoms with Gasteiger partial charge in [-0.15, -0.1) is 0 Å². The largest absolute Gasteiger partial charge is 0.356 e. The van der Waals surface area contributed by atoms with Gasteiger partial charge in [-0.3, -0.25) is 9.69 Å². The van der Waals surface area contributed by atoms with E-state index in [0.717, 1.165) is 60.9 Å². The SMILES string of the molecule is O=C(NCCCc1ccc(Cl)cc1)[C@H]1CCCN(Cc2ccccc2Cl)C1. The van der Waals surface area contributed by atoms with Gasteiger partial charge < -0.3 is 5.32 Å². The molecule has 0 bridgehead atoms. The van der Waals surface area contributed by atoms with Crippen LogP contribution in [0, 0.1) is 5.92 Å². The number of rotatable bonds is 7. The molecular weight excluding hydrogens is 379 g/mol. The predicted octanol–water partition coefficient (Wildman–Crippen LogP) is 4.95. The Balaban J connectivity index is 1.41. The van der Waals surface area contributed by atoms with Crippen molar-refractivity contribution in [1.29, 1.82) is 0 Å². The quantitative estimate of drug-likeness (QED) is 0.661. The number of benzene rings is 2. The lowest BCUT2D eigenvalue weighted by Gasteiger charge is -2.32. The van der Waals surface area contributed by atoms with Gasteiger partial charge in [0, 0.05) is 29.7 Å². The van der Waals surface area contributed by atoms with E-state index in [1.165, 1.54) is 5.56 Å². The van der Waals surface area contributed by atoms with Gasteiger partial charge in [-0.2, -0.15) is 0 Å². The Morgan fingerprint density at radius 2 is 1.89 bits per heavy atom. The minimum Gasteiger partial charge on any atom is -0.356 e. The topological polar surface area (TPSA) is 32.3 Å². The van der Waals surface area contributed by atoms with Gasteiger partial charge in [0.15, 0.2) is 0 Å². The fourth-order valence-electron chi connectivity index (χ4n) is 3.58. The molecule has 1 aliphatic heterocycles. The van der Waals surface area contributed by atoms with Gasteiger partial charge in [-0.05, 0) is 61.6 Å². The normalized spacial score (nSPS) is 17.6. The monoisotopic (exact) mass is 404 g/mol. The molecule has 3 rings (SSSR count). The number of hydrogen-bond donors (Lipinski definition) is 1. The van der Waals surface area contributed by atoms with E-state index in [4.69, 9.17) is 23.2 Å². The predicted molar refractivity (Wildman–Crippen MR) is 112 cm³/mol. The van der Waals surface area contributed by atoms with Crippen molar-refractivity contribution >= 4 is 29.1 Å². The second-order valence-electron chi connectivity index (χ2n) is 7.19. The molecule has 0 unspecified atom stereocenters. The maximum absolute atomic E-state index is 12.5.